The van der Waals surface area contributed by atoms with E-state index in [4.69, 9.17) is 9.47 Å². The number of carbonyl (C=O) groups is 1. The number of hydrogen-bond donors (Lipinski definition) is 1. The molecule has 7 heteroatoms. The number of nitrogens with one attached hydrogen (secondary N) is 1. The Hall–Kier alpha value is -4.13. The number of rotatable bonds is 7. The fraction of sp³-hybridized carbons (Fsp3) is 0.0870. The first-order valence-corrected chi connectivity index (χ1v) is 9.36. The lowest BCUT2D eigenvalue weighted by molar-refractivity contribution is -0.118. The SMILES string of the molecule is O=C(COc1ccccc1)Nc1ccccc1OCc1cc(=O)n2ccccc2n1. The molecule has 1 amide bonds. The van der Waals surface area contributed by atoms with Gasteiger partial charge in [-0.1, -0.05) is 36.4 Å². The molecule has 0 unspecified atom stereocenters. The van der Waals surface area contributed by atoms with Crippen LogP contribution in [0.25, 0.3) is 5.65 Å². The number of anilines is 1. The molecule has 0 aliphatic heterocycles. The Bertz CT molecular complexity index is 1220. The van der Waals surface area contributed by atoms with Crippen LogP contribution >= 0.6 is 0 Å². The van der Waals surface area contributed by atoms with Gasteiger partial charge in [-0.3, -0.25) is 14.0 Å². The van der Waals surface area contributed by atoms with Gasteiger partial charge in [0.05, 0.1) is 11.4 Å². The van der Waals surface area contributed by atoms with Gasteiger partial charge in [0.15, 0.2) is 6.61 Å². The fourth-order valence-electron chi connectivity index (χ4n) is 2.88. The van der Waals surface area contributed by atoms with Gasteiger partial charge in [0.1, 0.15) is 23.8 Å². The largest absolute Gasteiger partial charge is 0.485 e. The lowest BCUT2D eigenvalue weighted by atomic mass is 10.3. The van der Waals surface area contributed by atoms with E-state index < -0.39 is 0 Å². The number of fused-ring (bicyclic) bond motifs is 1. The number of nitrogens with zero attached hydrogens (tertiary/aromatic N) is 2. The first-order valence-electron chi connectivity index (χ1n) is 9.36. The van der Waals surface area contributed by atoms with Crippen LogP contribution in [-0.2, 0) is 11.4 Å². The summed E-state index contributed by atoms with van der Waals surface area (Å²) in [6.45, 7) is -0.0324. The molecule has 4 rings (SSSR count). The van der Waals surface area contributed by atoms with E-state index in [0.29, 0.717) is 28.5 Å². The number of benzene rings is 2. The molecule has 0 saturated heterocycles. The van der Waals surface area contributed by atoms with Gasteiger partial charge in [0, 0.05) is 12.3 Å². The molecule has 0 radical (unpaired) electrons. The summed E-state index contributed by atoms with van der Waals surface area (Å²) in [6.07, 6.45) is 1.66. The molecule has 30 heavy (non-hydrogen) atoms. The van der Waals surface area contributed by atoms with Crippen LogP contribution in [0.2, 0.25) is 0 Å². The molecular formula is C23H19N3O4. The van der Waals surface area contributed by atoms with Gasteiger partial charge in [-0.05, 0) is 36.4 Å². The number of pyridine rings is 1. The van der Waals surface area contributed by atoms with Crippen LogP contribution in [-0.4, -0.2) is 21.9 Å². The lowest BCUT2D eigenvalue weighted by Crippen LogP contribution is -2.20. The first-order chi connectivity index (χ1) is 14.7. The zero-order valence-corrected chi connectivity index (χ0v) is 16.0. The van der Waals surface area contributed by atoms with Crippen molar-refractivity contribution in [1.82, 2.24) is 9.38 Å². The number of ether oxygens (including phenoxy) is 2. The highest BCUT2D eigenvalue weighted by Gasteiger charge is 2.10. The predicted molar refractivity (Wildman–Crippen MR) is 113 cm³/mol. The molecule has 0 aliphatic rings. The van der Waals surface area contributed by atoms with Crippen molar-refractivity contribution in [1.29, 1.82) is 0 Å². The quantitative estimate of drug-likeness (QED) is 0.514. The summed E-state index contributed by atoms with van der Waals surface area (Å²) < 4.78 is 12.8. The molecular weight excluding hydrogens is 382 g/mol. The molecule has 2 aromatic carbocycles. The van der Waals surface area contributed by atoms with Crippen LogP contribution < -0.4 is 20.3 Å². The summed E-state index contributed by atoms with van der Waals surface area (Å²) in [5.41, 5.74) is 1.37. The van der Waals surface area contributed by atoms with Crippen molar-refractivity contribution >= 4 is 17.2 Å². The Balaban J connectivity index is 1.42. The van der Waals surface area contributed by atoms with Gasteiger partial charge in [0.2, 0.25) is 0 Å². The Morgan fingerprint density at radius 1 is 0.933 bits per heavy atom. The van der Waals surface area contributed by atoms with E-state index in [9.17, 15) is 9.59 Å². The summed E-state index contributed by atoms with van der Waals surface area (Å²) in [6, 6.07) is 22.9. The Kier molecular flexibility index (Phi) is 5.70. The average molecular weight is 401 g/mol. The highest BCUT2D eigenvalue weighted by atomic mass is 16.5. The van der Waals surface area contributed by atoms with Crippen molar-refractivity contribution in [3.05, 3.63) is 101 Å². The molecule has 7 nitrogen and oxygen atoms in total. The molecule has 4 aromatic rings. The summed E-state index contributed by atoms with van der Waals surface area (Å²) in [7, 11) is 0. The number of aromatic nitrogens is 2. The van der Waals surface area contributed by atoms with E-state index in [-0.39, 0.29) is 24.7 Å². The average Bonchev–Trinajstić information content (AvgIpc) is 2.78. The first kappa shape index (κ1) is 19.2. The molecule has 2 aromatic heterocycles. The van der Waals surface area contributed by atoms with Crippen LogP contribution in [0.3, 0.4) is 0 Å². The maximum absolute atomic E-state index is 12.3. The topological polar surface area (TPSA) is 81.9 Å². The maximum atomic E-state index is 12.3. The molecule has 0 atom stereocenters. The normalized spacial score (nSPS) is 10.5. The van der Waals surface area contributed by atoms with Crippen LogP contribution in [0.15, 0.2) is 89.9 Å². The summed E-state index contributed by atoms with van der Waals surface area (Å²) in [4.78, 5) is 28.9. The Labute approximate surface area is 172 Å². The maximum Gasteiger partial charge on any atom is 0.262 e. The van der Waals surface area contributed by atoms with E-state index in [2.05, 4.69) is 10.3 Å². The molecule has 150 valence electrons. The van der Waals surface area contributed by atoms with Crippen LogP contribution in [0.5, 0.6) is 11.5 Å². The van der Waals surface area contributed by atoms with Crippen LogP contribution in [0.1, 0.15) is 5.69 Å². The second-order valence-corrected chi connectivity index (χ2v) is 6.45. The van der Waals surface area contributed by atoms with Gasteiger partial charge >= 0.3 is 0 Å². The standard InChI is InChI=1S/C23H19N3O4/c27-22(16-29-18-8-2-1-3-9-18)25-19-10-4-5-11-20(19)30-15-17-14-23(28)26-13-7-6-12-21(26)24-17/h1-14H,15-16H2,(H,25,27). The predicted octanol–water partition coefficient (Wildman–Crippen LogP) is 3.29. The number of carbonyl (C=O) groups excluding carboxylic acids is 1. The molecule has 0 saturated carbocycles. The van der Waals surface area contributed by atoms with Gasteiger partial charge in [0.25, 0.3) is 11.5 Å². The molecule has 0 spiro atoms. The van der Waals surface area contributed by atoms with Crippen molar-refractivity contribution in [2.24, 2.45) is 0 Å². The summed E-state index contributed by atoms with van der Waals surface area (Å²) >= 11 is 0. The number of hydrogen-bond acceptors (Lipinski definition) is 5. The minimum absolute atomic E-state index is 0.0913. The Morgan fingerprint density at radius 2 is 1.70 bits per heavy atom. The molecule has 1 N–H and O–H groups in total. The fourth-order valence-corrected chi connectivity index (χ4v) is 2.88. The van der Waals surface area contributed by atoms with E-state index in [0.717, 1.165) is 0 Å². The highest BCUT2D eigenvalue weighted by Crippen LogP contribution is 2.24. The van der Waals surface area contributed by atoms with E-state index in [1.54, 1.807) is 54.7 Å². The minimum atomic E-state index is -0.308. The van der Waals surface area contributed by atoms with Crippen molar-refractivity contribution in [3.8, 4) is 11.5 Å². The van der Waals surface area contributed by atoms with Crippen LogP contribution in [0.4, 0.5) is 5.69 Å². The monoisotopic (exact) mass is 401 g/mol. The zero-order valence-electron chi connectivity index (χ0n) is 16.0. The second-order valence-electron chi connectivity index (χ2n) is 6.45. The van der Waals surface area contributed by atoms with Crippen LogP contribution in [0, 0.1) is 0 Å². The third kappa shape index (κ3) is 4.64. The van der Waals surface area contributed by atoms with Gasteiger partial charge in [-0.15, -0.1) is 0 Å². The van der Waals surface area contributed by atoms with Gasteiger partial charge in [-0.2, -0.15) is 0 Å². The zero-order chi connectivity index (χ0) is 20.8. The van der Waals surface area contributed by atoms with Gasteiger partial charge in [-0.25, -0.2) is 4.98 Å². The summed E-state index contributed by atoms with van der Waals surface area (Å²) in [5.74, 6) is 0.781. The second kappa shape index (κ2) is 8.91. The molecule has 0 aliphatic carbocycles. The smallest absolute Gasteiger partial charge is 0.262 e. The van der Waals surface area contributed by atoms with Crippen molar-refractivity contribution in [2.45, 2.75) is 6.61 Å². The van der Waals surface area contributed by atoms with E-state index in [1.807, 2.05) is 24.3 Å². The Morgan fingerprint density at radius 3 is 2.57 bits per heavy atom. The van der Waals surface area contributed by atoms with E-state index in [1.165, 1.54) is 10.5 Å². The number of amides is 1. The highest BCUT2D eigenvalue weighted by molar-refractivity contribution is 5.93. The van der Waals surface area contributed by atoms with Crippen molar-refractivity contribution < 1.29 is 14.3 Å². The molecule has 0 bridgehead atoms. The summed E-state index contributed by atoms with van der Waals surface area (Å²) in [5, 5.41) is 2.78. The van der Waals surface area contributed by atoms with Gasteiger partial charge < -0.3 is 14.8 Å². The van der Waals surface area contributed by atoms with E-state index >= 15 is 0 Å². The molecule has 0 fully saturated rings. The third-order valence-electron chi connectivity index (χ3n) is 4.27. The number of para-hydroxylation sites is 3. The third-order valence-corrected chi connectivity index (χ3v) is 4.27. The lowest BCUT2D eigenvalue weighted by Gasteiger charge is -2.13. The molecule has 2 heterocycles. The van der Waals surface area contributed by atoms with Crippen molar-refractivity contribution in [3.63, 3.8) is 0 Å². The minimum Gasteiger partial charge on any atom is -0.485 e. The van der Waals surface area contributed by atoms with Crippen molar-refractivity contribution in [2.75, 3.05) is 11.9 Å².